The molecule has 1 amide bonds. The first-order chi connectivity index (χ1) is 9.08. The van der Waals surface area contributed by atoms with Gasteiger partial charge in [0.15, 0.2) is 0 Å². The second kappa shape index (κ2) is 6.24. The zero-order valence-electron chi connectivity index (χ0n) is 12.0. The van der Waals surface area contributed by atoms with Gasteiger partial charge in [-0.1, -0.05) is 13.8 Å². The van der Waals surface area contributed by atoms with E-state index in [1.807, 2.05) is 12.3 Å². The third kappa shape index (κ3) is 4.10. The lowest BCUT2D eigenvalue weighted by atomic mass is 9.89. The van der Waals surface area contributed by atoms with Crippen LogP contribution in [0.3, 0.4) is 0 Å². The molecule has 0 bridgehead atoms. The van der Waals surface area contributed by atoms with Crippen LogP contribution in [0, 0.1) is 5.92 Å². The van der Waals surface area contributed by atoms with Crippen LogP contribution in [0.15, 0.2) is 18.3 Å². The van der Waals surface area contributed by atoms with Crippen LogP contribution < -0.4 is 10.6 Å². The summed E-state index contributed by atoms with van der Waals surface area (Å²) in [6.07, 6.45) is 4.83. The Kier molecular flexibility index (Phi) is 4.64. The number of hydrogen-bond acceptors (Lipinski definition) is 2. The molecule has 0 saturated carbocycles. The van der Waals surface area contributed by atoms with Crippen LogP contribution in [0.2, 0.25) is 0 Å². The van der Waals surface area contributed by atoms with Crippen molar-refractivity contribution in [1.82, 2.24) is 15.6 Å². The van der Waals surface area contributed by atoms with Crippen molar-refractivity contribution in [2.45, 2.75) is 38.5 Å². The Bertz CT molecular complexity index is 392. The monoisotopic (exact) mass is 263 g/mol. The minimum Gasteiger partial charge on any atom is -0.364 e. The fourth-order valence-electron chi connectivity index (χ4n) is 2.59. The number of piperidine rings is 1. The Morgan fingerprint density at radius 2 is 2.16 bits per heavy atom. The van der Waals surface area contributed by atoms with E-state index in [0.29, 0.717) is 18.9 Å². The molecule has 106 valence electrons. The number of nitrogens with one attached hydrogen (secondary N) is 3. The van der Waals surface area contributed by atoms with Gasteiger partial charge in [-0.25, -0.2) is 0 Å². The Hall–Kier alpha value is -1.29. The predicted octanol–water partition coefficient (Wildman–Crippen LogP) is 1.80. The summed E-state index contributed by atoms with van der Waals surface area (Å²) >= 11 is 0. The van der Waals surface area contributed by atoms with Crippen molar-refractivity contribution in [3.8, 4) is 0 Å². The van der Waals surface area contributed by atoms with E-state index >= 15 is 0 Å². The van der Waals surface area contributed by atoms with Gasteiger partial charge in [-0.05, 0) is 44.0 Å². The molecule has 0 aliphatic carbocycles. The normalized spacial score (nSPS) is 17.4. The van der Waals surface area contributed by atoms with Gasteiger partial charge in [-0.2, -0.15) is 0 Å². The van der Waals surface area contributed by atoms with Gasteiger partial charge in [-0.15, -0.1) is 0 Å². The van der Waals surface area contributed by atoms with Crippen molar-refractivity contribution in [2.24, 2.45) is 5.92 Å². The van der Waals surface area contributed by atoms with Crippen molar-refractivity contribution in [3.05, 3.63) is 24.0 Å². The minimum absolute atomic E-state index is 0.0483. The van der Waals surface area contributed by atoms with Crippen molar-refractivity contribution in [1.29, 1.82) is 0 Å². The molecule has 4 heteroatoms. The van der Waals surface area contributed by atoms with Gasteiger partial charge in [0.2, 0.25) is 5.91 Å². The van der Waals surface area contributed by atoms with Crippen LogP contribution in [-0.2, 0) is 10.2 Å². The molecule has 0 spiro atoms. The molecular formula is C15H25N3O. The van der Waals surface area contributed by atoms with Crippen molar-refractivity contribution < 1.29 is 4.79 Å². The molecule has 0 radical (unpaired) electrons. The van der Waals surface area contributed by atoms with Gasteiger partial charge in [0.25, 0.3) is 0 Å². The fraction of sp³-hybridized carbons (Fsp3) is 0.667. The summed E-state index contributed by atoms with van der Waals surface area (Å²) in [6.45, 7) is 7.06. The molecule has 1 aliphatic heterocycles. The molecule has 3 N–H and O–H groups in total. The highest BCUT2D eigenvalue weighted by atomic mass is 16.1. The molecule has 1 saturated heterocycles. The lowest BCUT2D eigenvalue weighted by Crippen LogP contribution is -2.38. The summed E-state index contributed by atoms with van der Waals surface area (Å²) in [6, 6.07) is 4.06. The molecule has 1 aromatic rings. The van der Waals surface area contributed by atoms with Gasteiger partial charge in [-0.3, -0.25) is 4.79 Å². The minimum atomic E-state index is -0.0483. The first-order valence-electron chi connectivity index (χ1n) is 7.19. The lowest BCUT2D eigenvalue weighted by molar-refractivity contribution is -0.122. The first kappa shape index (κ1) is 14.1. The molecular weight excluding hydrogens is 238 g/mol. The molecule has 2 rings (SSSR count). The van der Waals surface area contributed by atoms with Gasteiger partial charge < -0.3 is 15.6 Å². The van der Waals surface area contributed by atoms with E-state index < -0.39 is 0 Å². The first-order valence-corrected chi connectivity index (χ1v) is 7.19. The second-order valence-corrected chi connectivity index (χ2v) is 6.14. The number of hydrogen-bond donors (Lipinski definition) is 3. The average Bonchev–Trinajstić information content (AvgIpc) is 2.92. The van der Waals surface area contributed by atoms with Crippen LogP contribution >= 0.6 is 0 Å². The third-order valence-electron chi connectivity index (χ3n) is 3.99. The van der Waals surface area contributed by atoms with Gasteiger partial charge in [0.1, 0.15) is 0 Å². The maximum Gasteiger partial charge on any atom is 0.220 e. The standard InChI is InChI=1S/C15H25N3O/c1-15(2,13-4-3-7-17-13)11-18-14(19)10-12-5-8-16-9-6-12/h3-4,7,12,16-17H,5-6,8-11H2,1-2H3,(H,18,19). The maximum absolute atomic E-state index is 12.0. The van der Waals surface area contributed by atoms with Crippen LogP contribution in [-0.4, -0.2) is 30.5 Å². The number of aromatic amines is 1. The number of H-pyrrole nitrogens is 1. The van der Waals surface area contributed by atoms with E-state index in [1.165, 1.54) is 0 Å². The van der Waals surface area contributed by atoms with Crippen molar-refractivity contribution in [3.63, 3.8) is 0 Å². The largest absolute Gasteiger partial charge is 0.364 e. The summed E-state index contributed by atoms with van der Waals surface area (Å²) in [5, 5.41) is 6.41. The van der Waals surface area contributed by atoms with Gasteiger partial charge >= 0.3 is 0 Å². The summed E-state index contributed by atoms with van der Waals surface area (Å²) in [5.41, 5.74) is 1.11. The lowest BCUT2D eigenvalue weighted by Gasteiger charge is -2.26. The number of amides is 1. The Labute approximate surface area is 115 Å². The number of aromatic nitrogens is 1. The van der Waals surface area contributed by atoms with Crippen molar-refractivity contribution >= 4 is 5.91 Å². The summed E-state index contributed by atoms with van der Waals surface area (Å²) in [4.78, 5) is 15.2. The van der Waals surface area contributed by atoms with Crippen molar-refractivity contribution in [2.75, 3.05) is 19.6 Å². The summed E-state index contributed by atoms with van der Waals surface area (Å²) in [7, 11) is 0. The smallest absolute Gasteiger partial charge is 0.220 e. The molecule has 1 aromatic heterocycles. The van der Waals surface area contributed by atoms with E-state index in [4.69, 9.17) is 0 Å². The molecule has 0 atom stereocenters. The number of rotatable bonds is 5. The van der Waals surface area contributed by atoms with Crippen LogP contribution in [0.5, 0.6) is 0 Å². The Balaban J connectivity index is 1.76. The molecule has 1 aliphatic rings. The maximum atomic E-state index is 12.0. The molecule has 0 aromatic carbocycles. The van der Waals surface area contributed by atoms with E-state index in [1.54, 1.807) is 0 Å². The summed E-state index contributed by atoms with van der Waals surface area (Å²) < 4.78 is 0. The number of carbonyl (C=O) groups is 1. The predicted molar refractivity (Wildman–Crippen MR) is 77.0 cm³/mol. The third-order valence-corrected chi connectivity index (χ3v) is 3.99. The van der Waals surface area contributed by atoms with E-state index in [2.05, 4.69) is 35.5 Å². The Morgan fingerprint density at radius 1 is 1.42 bits per heavy atom. The van der Waals surface area contributed by atoms with Crippen LogP contribution in [0.1, 0.15) is 38.8 Å². The van der Waals surface area contributed by atoms with E-state index in [9.17, 15) is 4.79 Å². The van der Waals surface area contributed by atoms with Crippen LogP contribution in [0.25, 0.3) is 0 Å². The molecule has 4 nitrogen and oxygen atoms in total. The molecule has 19 heavy (non-hydrogen) atoms. The van der Waals surface area contributed by atoms with Gasteiger partial charge in [0, 0.05) is 30.3 Å². The van der Waals surface area contributed by atoms with Gasteiger partial charge in [0.05, 0.1) is 0 Å². The Morgan fingerprint density at radius 3 is 2.79 bits per heavy atom. The highest BCUT2D eigenvalue weighted by Crippen LogP contribution is 2.20. The summed E-state index contributed by atoms with van der Waals surface area (Å²) in [5.74, 6) is 0.737. The van der Waals surface area contributed by atoms with E-state index in [-0.39, 0.29) is 11.3 Å². The van der Waals surface area contributed by atoms with E-state index in [0.717, 1.165) is 31.6 Å². The molecule has 1 fully saturated rings. The SMILES string of the molecule is CC(C)(CNC(=O)CC1CCNCC1)c1ccc[nH]1. The highest BCUT2D eigenvalue weighted by molar-refractivity contribution is 5.76. The molecule has 2 heterocycles. The fourth-order valence-corrected chi connectivity index (χ4v) is 2.59. The topological polar surface area (TPSA) is 56.9 Å². The van der Waals surface area contributed by atoms with Crippen LogP contribution in [0.4, 0.5) is 0 Å². The zero-order valence-corrected chi connectivity index (χ0v) is 12.0. The molecule has 0 unspecified atom stereocenters. The second-order valence-electron chi connectivity index (χ2n) is 6.14. The zero-order chi connectivity index (χ0) is 13.7. The average molecular weight is 263 g/mol. The highest BCUT2D eigenvalue weighted by Gasteiger charge is 2.23. The number of carbonyl (C=O) groups excluding carboxylic acids is 1. The quantitative estimate of drug-likeness (QED) is 0.758.